The summed E-state index contributed by atoms with van der Waals surface area (Å²) in [5, 5.41) is 17.0. The van der Waals surface area contributed by atoms with E-state index < -0.39 is 53.4 Å². The number of rotatable bonds is 4. The Kier molecular flexibility index (Phi) is 8.48. The van der Waals surface area contributed by atoms with E-state index in [-0.39, 0.29) is 43.8 Å². The van der Waals surface area contributed by atoms with E-state index in [1.165, 1.54) is 15.9 Å². The molecule has 6 rings (SSSR count). The van der Waals surface area contributed by atoms with Crippen LogP contribution in [0.3, 0.4) is 0 Å². The summed E-state index contributed by atoms with van der Waals surface area (Å²) < 4.78 is 20.1. The number of nitrogens with zero attached hydrogens (tertiary/aromatic N) is 3. The third-order valence-electron chi connectivity index (χ3n) is 9.53. The van der Waals surface area contributed by atoms with Crippen LogP contribution in [0.15, 0.2) is 30.4 Å². The third-order valence-corrected chi connectivity index (χ3v) is 9.53. The molecule has 2 aliphatic carbocycles. The second-order valence-corrected chi connectivity index (χ2v) is 12.7. The van der Waals surface area contributed by atoms with E-state index in [0.29, 0.717) is 30.4 Å². The number of allylic oxidation sites excluding steroid dienone is 1. The van der Waals surface area contributed by atoms with Gasteiger partial charge >= 0.3 is 6.09 Å². The van der Waals surface area contributed by atoms with E-state index in [1.807, 2.05) is 12.2 Å². The maximum absolute atomic E-state index is 14.3. The molecule has 5 atom stereocenters. The van der Waals surface area contributed by atoms with Crippen LogP contribution >= 0.6 is 0 Å². The van der Waals surface area contributed by atoms with Crippen molar-refractivity contribution < 1.29 is 33.1 Å². The number of carbonyl (C=O) groups excluding carboxylic acids is 5. The average molecular weight is 621 g/mol. The standard InChI is InChI=1S/C32H37FN6O6/c33-24-9-6-7-20-15-38(17-23(20)24)31(44)45-22-13-26-28(41)37-32(30(43)35-18-34)14-21(32)8-4-2-1-3-5-10-25(29(42)39(26)16-22)36-27(40)19-11-12-19/h4,6-9,19,21-22,25-26H,1-3,5,10-17H2,(H,35,43)(H,36,40)(H,37,41)/t21-,22-,25+,26?,32-/m1/s1. The van der Waals surface area contributed by atoms with Crippen molar-refractivity contribution in [2.75, 3.05) is 6.54 Å². The van der Waals surface area contributed by atoms with Crippen LogP contribution in [0.2, 0.25) is 0 Å². The normalized spacial score (nSPS) is 29.6. The zero-order chi connectivity index (χ0) is 31.7. The summed E-state index contributed by atoms with van der Waals surface area (Å²) in [5.74, 6) is -2.72. The Morgan fingerprint density at radius 2 is 1.93 bits per heavy atom. The molecule has 13 heteroatoms. The molecule has 3 heterocycles. The van der Waals surface area contributed by atoms with Crippen LogP contribution < -0.4 is 16.0 Å². The Labute approximate surface area is 260 Å². The molecule has 3 aliphatic heterocycles. The molecule has 0 bridgehead atoms. The molecule has 1 aromatic rings. The summed E-state index contributed by atoms with van der Waals surface area (Å²) >= 11 is 0. The molecule has 0 radical (unpaired) electrons. The van der Waals surface area contributed by atoms with Gasteiger partial charge < -0.3 is 20.3 Å². The van der Waals surface area contributed by atoms with Gasteiger partial charge in [-0.05, 0) is 50.2 Å². The fraction of sp³-hybridized carbons (Fsp3) is 0.562. The Balaban J connectivity index is 1.23. The van der Waals surface area contributed by atoms with Crippen molar-refractivity contribution in [3.8, 4) is 6.19 Å². The topological polar surface area (TPSA) is 161 Å². The van der Waals surface area contributed by atoms with Crippen LogP contribution in [0.1, 0.15) is 68.9 Å². The molecule has 1 saturated heterocycles. The number of benzene rings is 1. The molecule has 3 fully saturated rings. The number of hydrogen-bond donors (Lipinski definition) is 3. The van der Waals surface area contributed by atoms with Gasteiger partial charge in [-0.1, -0.05) is 37.1 Å². The van der Waals surface area contributed by atoms with E-state index in [2.05, 4.69) is 16.0 Å². The molecule has 12 nitrogen and oxygen atoms in total. The molecule has 238 valence electrons. The van der Waals surface area contributed by atoms with Crippen molar-refractivity contribution in [1.82, 2.24) is 25.8 Å². The van der Waals surface area contributed by atoms with Gasteiger partial charge in [-0.3, -0.25) is 29.4 Å². The Morgan fingerprint density at radius 1 is 1.11 bits per heavy atom. The number of nitrogens with one attached hydrogen (secondary N) is 3. The highest BCUT2D eigenvalue weighted by atomic mass is 19.1. The summed E-state index contributed by atoms with van der Waals surface area (Å²) in [6.07, 6.45) is 9.24. The van der Waals surface area contributed by atoms with Gasteiger partial charge in [0.15, 0.2) is 6.19 Å². The van der Waals surface area contributed by atoms with Gasteiger partial charge in [0.05, 0.1) is 13.1 Å². The fourth-order valence-electron chi connectivity index (χ4n) is 6.69. The van der Waals surface area contributed by atoms with E-state index in [4.69, 9.17) is 10.00 Å². The molecule has 1 aromatic carbocycles. The van der Waals surface area contributed by atoms with E-state index in [9.17, 15) is 28.4 Å². The molecule has 2 saturated carbocycles. The lowest BCUT2D eigenvalue weighted by atomic mass is 10.0. The first-order valence-corrected chi connectivity index (χ1v) is 15.7. The largest absolute Gasteiger partial charge is 0.444 e. The van der Waals surface area contributed by atoms with Crippen LogP contribution in [0.25, 0.3) is 0 Å². The van der Waals surface area contributed by atoms with Gasteiger partial charge in [-0.2, -0.15) is 5.26 Å². The van der Waals surface area contributed by atoms with Gasteiger partial charge in [-0.15, -0.1) is 0 Å². The van der Waals surface area contributed by atoms with Crippen molar-refractivity contribution in [2.24, 2.45) is 11.8 Å². The first kappa shape index (κ1) is 30.6. The van der Waals surface area contributed by atoms with Crippen LogP contribution in [0.4, 0.5) is 9.18 Å². The minimum Gasteiger partial charge on any atom is -0.444 e. The number of halogens is 1. The van der Waals surface area contributed by atoms with Crippen LogP contribution in [0, 0.1) is 29.1 Å². The number of carbonyl (C=O) groups is 5. The van der Waals surface area contributed by atoms with Crippen LogP contribution in [-0.2, 0) is 37.0 Å². The summed E-state index contributed by atoms with van der Waals surface area (Å²) in [6, 6.07) is 2.71. The van der Waals surface area contributed by atoms with Gasteiger partial charge in [0.25, 0.3) is 5.91 Å². The lowest BCUT2D eigenvalue weighted by molar-refractivity contribution is -0.142. The summed E-state index contributed by atoms with van der Waals surface area (Å²) in [4.78, 5) is 69.6. The maximum atomic E-state index is 14.3. The minimum atomic E-state index is -1.34. The Bertz CT molecular complexity index is 1470. The second-order valence-electron chi connectivity index (χ2n) is 12.7. The molecule has 5 amide bonds. The van der Waals surface area contributed by atoms with Crippen molar-refractivity contribution >= 4 is 29.7 Å². The van der Waals surface area contributed by atoms with Gasteiger partial charge in [-0.25, -0.2) is 9.18 Å². The number of amides is 5. The second kappa shape index (κ2) is 12.5. The minimum absolute atomic E-state index is 0.0296. The number of fused-ring (bicyclic) bond motifs is 3. The molecule has 0 aromatic heterocycles. The molecule has 1 unspecified atom stereocenters. The predicted molar refractivity (Wildman–Crippen MR) is 156 cm³/mol. The average Bonchev–Trinajstić information content (AvgIpc) is 3.89. The van der Waals surface area contributed by atoms with Gasteiger partial charge in [0.2, 0.25) is 17.7 Å². The highest BCUT2D eigenvalue weighted by molar-refractivity contribution is 5.99. The van der Waals surface area contributed by atoms with Crippen LogP contribution in [-0.4, -0.2) is 69.8 Å². The van der Waals surface area contributed by atoms with Crippen molar-refractivity contribution in [2.45, 2.75) is 94.6 Å². The fourth-order valence-corrected chi connectivity index (χ4v) is 6.69. The number of hydrogen-bond acceptors (Lipinski definition) is 7. The van der Waals surface area contributed by atoms with E-state index >= 15 is 0 Å². The highest BCUT2D eigenvalue weighted by Gasteiger charge is 2.61. The lowest BCUT2D eigenvalue weighted by Crippen LogP contribution is -2.57. The first-order valence-electron chi connectivity index (χ1n) is 15.7. The van der Waals surface area contributed by atoms with Crippen molar-refractivity contribution in [3.63, 3.8) is 0 Å². The quantitative estimate of drug-likeness (QED) is 0.264. The molecular formula is C32H37FN6O6. The SMILES string of the molecule is N#CNC(=O)[C@@]12C[C@H]1C=CCCCCC[C@H](NC(=O)C1CC1)C(=O)N1C[C@H](OC(=O)N3Cc4cccc(F)c4C3)CC1C(=O)N2. The first-order chi connectivity index (χ1) is 21.7. The monoisotopic (exact) mass is 620 g/mol. The summed E-state index contributed by atoms with van der Waals surface area (Å²) in [6.45, 7) is 0.126. The smallest absolute Gasteiger partial charge is 0.410 e. The molecular weight excluding hydrogens is 583 g/mol. The molecule has 45 heavy (non-hydrogen) atoms. The Morgan fingerprint density at radius 3 is 2.69 bits per heavy atom. The van der Waals surface area contributed by atoms with E-state index in [1.54, 1.807) is 18.3 Å². The summed E-state index contributed by atoms with van der Waals surface area (Å²) in [5.41, 5.74) is -0.229. The van der Waals surface area contributed by atoms with Gasteiger partial charge in [0, 0.05) is 30.4 Å². The maximum Gasteiger partial charge on any atom is 0.410 e. The number of ether oxygens (including phenoxy) is 1. The van der Waals surface area contributed by atoms with E-state index in [0.717, 1.165) is 32.1 Å². The predicted octanol–water partition coefficient (Wildman–Crippen LogP) is 2.13. The zero-order valence-corrected chi connectivity index (χ0v) is 24.9. The Hall–Kier alpha value is -4.47. The van der Waals surface area contributed by atoms with Crippen molar-refractivity contribution in [1.29, 1.82) is 5.26 Å². The lowest BCUT2D eigenvalue weighted by Gasteiger charge is -2.29. The highest BCUT2D eigenvalue weighted by Crippen LogP contribution is 2.45. The zero-order valence-electron chi connectivity index (χ0n) is 24.9. The van der Waals surface area contributed by atoms with Crippen molar-refractivity contribution in [3.05, 3.63) is 47.3 Å². The molecule has 5 aliphatic rings. The van der Waals surface area contributed by atoms with Crippen LogP contribution in [0.5, 0.6) is 0 Å². The van der Waals surface area contributed by atoms with Gasteiger partial charge in [0.1, 0.15) is 29.5 Å². The molecule has 0 spiro atoms. The summed E-state index contributed by atoms with van der Waals surface area (Å²) in [7, 11) is 0. The molecule has 3 N–H and O–H groups in total. The third kappa shape index (κ3) is 6.36. The number of nitriles is 1.